The third-order valence-electron chi connectivity index (χ3n) is 0.684. The van der Waals surface area contributed by atoms with Gasteiger partial charge in [-0.1, -0.05) is 19.1 Å². The maximum Gasteiger partial charge on any atom is 0.695 e. The first-order valence-corrected chi connectivity index (χ1v) is 3.84. The van der Waals surface area contributed by atoms with E-state index in [1.54, 1.807) is 6.08 Å². The van der Waals surface area contributed by atoms with Gasteiger partial charge in [-0.25, -0.2) is 0 Å². The standard InChI is InChI=1S/C5H9O3P/c1-2-3-4-5-8-9(6)7/h3-4H,2,5H2,1H3/p+1. The van der Waals surface area contributed by atoms with Crippen LogP contribution < -0.4 is 0 Å². The molecule has 1 N–H and O–H groups in total. The summed E-state index contributed by atoms with van der Waals surface area (Å²) in [5.74, 6) is 0. The Balaban J connectivity index is 3.09. The van der Waals surface area contributed by atoms with Crippen molar-refractivity contribution in [3.8, 4) is 0 Å². The fourth-order valence-corrected chi connectivity index (χ4v) is 0.555. The lowest BCUT2D eigenvalue weighted by molar-refractivity contribution is 0.312. The van der Waals surface area contributed by atoms with Gasteiger partial charge in [-0.3, -0.25) is 0 Å². The summed E-state index contributed by atoms with van der Waals surface area (Å²) < 4.78 is 14.2. The van der Waals surface area contributed by atoms with E-state index < -0.39 is 8.25 Å². The molecule has 0 radical (unpaired) electrons. The van der Waals surface area contributed by atoms with Crippen LogP contribution in [0.1, 0.15) is 13.3 Å². The lowest BCUT2D eigenvalue weighted by atomic mass is 10.4. The second-order valence-electron chi connectivity index (χ2n) is 1.41. The molecule has 0 saturated heterocycles. The van der Waals surface area contributed by atoms with Crippen molar-refractivity contribution in [1.82, 2.24) is 0 Å². The van der Waals surface area contributed by atoms with E-state index in [0.717, 1.165) is 6.42 Å². The van der Waals surface area contributed by atoms with Crippen molar-refractivity contribution in [3.05, 3.63) is 12.2 Å². The normalized spacial score (nSPS) is 12.4. The number of hydrogen-bond acceptors (Lipinski definition) is 2. The molecule has 0 aromatic heterocycles. The molecule has 0 spiro atoms. The third kappa shape index (κ3) is 7.76. The number of allylic oxidation sites excluding steroid dienone is 1. The van der Waals surface area contributed by atoms with E-state index in [1.807, 2.05) is 13.0 Å². The Hall–Kier alpha value is -0.240. The van der Waals surface area contributed by atoms with E-state index in [0.29, 0.717) is 0 Å². The van der Waals surface area contributed by atoms with Gasteiger partial charge in [0.25, 0.3) is 0 Å². The van der Waals surface area contributed by atoms with Crippen LogP contribution in [0.2, 0.25) is 0 Å². The summed E-state index contributed by atoms with van der Waals surface area (Å²) in [6.45, 7) is 2.20. The van der Waals surface area contributed by atoms with Crippen molar-refractivity contribution in [1.29, 1.82) is 0 Å². The molecule has 4 heteroatoms. The topological polar surface area (TPSA) is 46.5 Å². The van der Waals surface area contributed by atoms with Gasteiger partial charge in [0.2, 0.25) is 0 Å². The minimum Gasteiger partial charge on any atom is -0.133 e. The van der Waals surface area contributed by atoms with E-state index >= 15 is 0 Å². The van der Waals surface area contributed by atoms with Gasteiger partial charge < -0.3 is 0 Å². The molecule has 1 atom stereocenters. The first kappa shape index (κ1) is 8.76. The number of rotatable bonds is 4. The van der Waals surface area contributed by atoms with Gasteiger partial charge in [0.05, 0.1) is 0 Å². The maximum absolute atomic E-state index is 9.85. The lowest BCUT2D eigenvalue weighted by Gasteiger charge is -1.77. The van der Waals surface area contributed by atoms with E-state index in [-0.39, 0.29) is 6.61 Å². The summed E-state index contributed by atoms with van der Waals surface area (Å²) in [6.07, 6.45) is 4.51. The van der Waals surface area contributed by atoms with Crippen LogP contribution in [0.5, 0.6) is 0 Å². The van der Waals surface area contributed by atoms with Crippen LogP contribution in [-0.2, 0) is 9.09 Å². The fourth-order valence-electron chi connectivity index (χ4n) is 0.342. The summed E-state index contributed by atoms with van der Waals surface area (Å²) in [5.41, 5.74) is 0. The Morgan fingerprint density at radius 1 is 1.67 bits per heavy atom. The van der Waals surface area contributed by atoms with Gasteiger partial charge in [0.1, 0.15) is 6.61 Å². The van der Waals surface area contributed by atoms with E-state index in [2.05, 4.69) is 4.52 Å². The molecule has 1 unspecified atom stereocenters. The molecule has 0 aromatic carbocycles. The van der Waals surface area contributed by atoms with Gasteiger partial charge in [-0.2, -0.15) is 0 Å². The summed E-state index contributed by atoms with van der Waals surface area (Å²) in [5, 5.41) is 0. The molecule has 0 amide bonds. The van der Waals surface area contributed by atoms with Gasteiger partial charge in [0.15, 0.2) is 0 Å². The molecule has 0 heterocycles. The van der Waals surface area contributed by atoms with Gasteiger partial charge in [-0.05, 0) is 6.42 Å². The lowest BCUT2D eigenvalue weighted by Crippen LogP contribution is -1.77. The molecule has 9 heavy (non-hydrogen) atoms. The van der Waals surface area contributed by atoms with Gasteiger partial charge in [0, 0.05) is 4.57 Å². The highest BCUT2D eigenvalue weighted by Crippen LogP contribution is 2.13. The van der Waals surface area contributed by atoms with Crippen molar-refractivity contribution >= 4 is 8.25 Å². The van der Waals surface area contributed by atoms with Gasteiger partial charge >= 0.3 is 8.25 Å². The quantitative estimate of drug-likeness (QED) is 0.488. The predicted molar refractivity (Wildman–Crippen MR) is 35.2 cm³/mol. The van der Waals surface area contributed by atoms with Crippen LogP contribution in [0.15, 0.2) is 12.2 Å². The average Bonchev–Trinajstić information content (AvgIpc) is 1.80. The van der Waals surface area contributed by atoms with Crippen molar-refractivity contribution < 1.29 is 14.0 Å². The highest BCUT2D eigenvalue weighted by molar-refractivity contribution is 7.32. The number of hydrogen-bond donors (Lipinski definition) is 1. The molecule has 0 bridgehead atoms. The Bertz CT molecular complexity index is 111. The van der Waals surface area contributed by atoms with Crippen LogP contribution >= 0.6 is 8.25 Å². The van der Waals surface area contributed by atoms with E-state index in [4.69, 9.17) is 4.89 Å². The minimum absolute atomic E-state index is 0.222. The van der Waals surface area contributed by atoms with Crippen molar-refractivity contribution in [3.63, 3.8) is 0 Å². The molecule has 52 valence electrons. The van der Waals surface area contributed by atoms with Crippen molar-refractivity contribution in [2.45, 2.75) is 13.3 Å². The second-order valence-corrected chi connectivity index (χ2v) is 2.15. The highest BCUT2D eigenvalue weighted by atomic mass is 31.1. The Morgan fingerprint density at radius 2 is 2.33 bits per heavy atom. The van der Waals surface area contributed by atoms with E-state index in [9.17, 15) is 4.57 Å². The van der Waals surface area contributed by atoms with Crippen molar-refractivity contribution in [2.75, 3.05) is 6.61 Å². The minimum atomic E-state index is -2.42. The zero-order valence-corrected chi connectivity index (χ0v) is 6.17. The van der Waals surface area contributed by atoms with Crippen LogP contribution in [0.25, 0.3) is 0 Å². The molecular formula is C5H10O3P+. The zero-order valence-electron chi connectivity index (χ0n) is 5.28. The molecule has 0 aliphatic rings. The van der Waals surface area contributed by atoms with Crippen LogP contribution in [0, 0.1) is 0 Å². The Morgan fingerprint density at radius 3 is 2.78 bits per heavy atom. The van der Waals surface area contributed by atoms with E-state index in [1.165, 1.54) is 0 Å². The molecule has 0 aliphatic carbocycles. The Labute approximate surface area is 55.3 Å². The Kier molecular flexibility index (Phi) is 5.73. The molecule has 0 fully saturated rings. The average molecular weight is 149 g/mol. The molecule has 0 saturated carbocycles. The second kappa shape index (κ2) is 5.89. The summed E-state index contributed by atoms with van der Waals surface area (Å²) in [4.78, 5) is 8.10. The molecule has 0 rings (SSSR count). The van der Waals surface area contributed by atoms with Crippen LogP contribution in [0.3, 0.4) is 0 Å². The van der Waals surface area contributed by atoms with Crippen LogP contribution in [-0.4, -0.2) is 11.5 Å². The van der Waals surface area contributed by atoms with Crippen LogP contribution in [0.4, 0.5) is 0 Å². The van der Waals surface area contributed by atoms with Gasteiger partial charge in [-0.15, -0.1) is 9.42 Å². The summed E-state index contributed by atoms with van der Waals surface area (Å²) in [6, 6.07) is 0. The first-order valence-electron chi connectivity index (χ1n) is 2.71. The summed E-state index contributed by atoms with van der Waals surface area (Å²) in [7, 11) is -2.42. The fraction of sp³-hybridized carbons (Fsp3) is 0.600. The SMILES string of the molecule is CCC=CCO[P+](=O)O. The van der Waals surface area contributed by atoms with Crippen molar-refractivity contribution in [2.24, 2.45) is 0 Å². The molecular weight excluding hydrogens is 139 g/mol. The smallest absolute Gasteiger partial charge is 0.133 e. The molecule has 3 nitrogen and oxygen atoms in total. The summed E-state index contributed by atoms with van der Waals surface area (Å²) >= 11 is 0. The molecule has 0 aliphatic heterocycles. The predicted octanol–water partition coefficient (Wildman–Crippen LogP) is 1.62. The highest BCUT2D eigenvalue weighted by Gasteiger charge is 2.07. The largest absolute Gasteiger partial charge is 0.695 e. The first-order chi connectivity index (χ1) is 4.27. The third-order valence-corrected chi connectivity index (χ3v) is 1.05. The zero-order chi connectivity index (χ0) is 7.11. The maximum atomic E-state index is 9.85. The monoisotopic (exact) mass is 149 g/mol. The molecule has 0 aromatic rings.